The second-order valence-corrected chi connectivity index (χ2v) is 10.2. The Bertz CT molecular complexity index is 903. The molecule has 0 atom stereocenters. The maximum absolute atomic E-state index is 12.9. The Morgan fingerprint density at radius 1 is 1.21 bits per heavy atom. The van der Waals surface area contributed by atoms with Gasteiger partial charge in [-0.15, -0.1) is 11.3 Å². The van der Waals surface area contributed by atoms with Gasteiger partial charge in [-0.3, -0.25) is 4.79 Å². The number of nitrogens with zero attached hydrogens (tertiary/aromatic N) is 1. The summed E-state index contributed by atoms with van der Waals surface area (Å²) >= 11 is 1.69. The van der Waals surface area contributed by atoms with Gasteiger partial charge in [-0.25, -0.2) is 8.42 Å². The minimum atomic E-state index is -3.48. The second kappa shape index (κ2) is 9.17. The van der Waals surface area contributed by atoms with E-state index in [1.54, 1.807) is 21.7 Å². The molecule has 2 heterocycles. The van der Waals surface area contributed by atoms with Gasteiger partial charge < -0.3 is 10.2 Å². The number of carbonyl (C=O) groups is 1. The van der Waals surface area contributed by atoms with Crippen molar-refractivity contribution in [2.24, 2.45) is 0 Å². The topological polar surface area (TPSA) is 70.9 Å². The average molecular weight is 423 g/mol. The Hall–Kier alpha value is -1.74. The second-order valence-electron chi connectivity index (χ2n) is 7.28. The summed E-state index contributed by atoms with van der Waals surface area (Å²) in [6, 6.07) is 9.51. The molecule has 152 valence electrons. The molecule has 1 aromatic heterocycles. The van der Waals surface area contributed by atoms with Crippen LogP contribution in [-0.2, 0) is 21.2 Å². The summed E-state index contributed by atoms with van der Waals surface area (Å²) in [5.74, 6) is 0.0252. The number of amides is 1. The monoisotopic (exact) mass is 422 g/mol. The van der Waals surface area contributed by atoms with E-state index in [1.165, 1.54) is 4.88 Å². The third-order valence-electron chi connectivity index (χ3n) is 5.06. The van der Waals surface area contributed by atoms with Crippen LogP contribution < -0.4 is 10.2 Å². The Kier molecular flexibility index (Phi) is 6.87. The summed E-state index contributed by atoms with van der Waals surface area (Å²) in [5.41, 5.74) is 1.83. The van der Waals surface area contributed by atoms with E-state index in [0.29, 0.717) is 44.2 Å². The average Bonchev–Trinajstić information content (AvgIpc) is 3.15. The van der Waals surface area contributed by atoms with E-state index < -0.39 is 10.0 Å². The summed E-state index contributed by atoms with van der Waals surface area (Å²) in [6.45, 7) is 6.98. The van der Waals surface area contributed by atoms with Gasteiger partial charge in [0.1, 0.15) is 0 Å². The van der Waals surface area contributed by atoms with Gasteiger partial charge in [-0.05, 0) is 43.3 Å². The number of carbonyl (C=O) groups excluding carboxylic acids is 1. The highest BCUT2D eigenvalue weighted by molar-refractivity contribution is 7.89. The number of nitrogens with one attached hydrogen (secondary N) is 2. The lowest BCUT2D eigenvalue weighted by atomic mass is 10.2. The van der Waals surface area contributed by atoms with E-state index in [9.17, 15) is 13.2 Å². The lowest BCUT2D eigenvalue weighted by molar-refractivity contribution is -0.895. The Labute approximate surface area is 171 Å². The van der Waals surface area contributed by atoms with Gasteiger partial charge in [0.25, 0.3) is 5.91 Å². The van der Waals surface area contributed by atoms with Gasteiger partial charge in [0, 0.05) is 11.4 Å². The van der Waals surface area contributed by atoms with E-state index in [1.807, 2.05) is 37.4 Å². The van der Waals surface area contributed by atoms with Crippen LogP contribution in [0.15, 0.2) is 40.6 Å². The molecule has 0 radical (unpaired) electrons. The summed E-state index contributed by atoms with van der Waals surface area (Å²) in [6.07, 6.45) is 0.848. The van der Waals surface area contributed by atoms with Crippen molar-refractivity contribution >= 4 is 27.3 Å². The van der Waals surface area contributed by atoms with Crippen LogP contribution in [0.5, 0.6) is 0 Å². The Balaban J connectivity index is 1.47. The number of thiophene rings is 1. The zero-order valence-electron chi connectivity index (χ0n) is 16.4. The lowest BCUT2D eigenvalue weighted by Gasteiger charge is -2.31. The third-order valence-corrected chi connectivity index (χ3v) is 8.06. The molecule has 2 N–H and O–H groups in total. The van der Waals surface area contributed by atoms with E-state index >= 15 is 0 Å². The predicted molar refractivity (Wildman–Crippen MR) is 111 cm³/mol. The summed E-state index contributed by atoms with van der Waals surface area (Å²) < 4.78 is 27.4. The van der Waals surface area contributed by atoms with Crippen LogP contribution in [0.25, 0.3) is 0 Å². The number of piperazine rings is 1. The molecule has 0 unspecified atom stereocenters. The van der Waals surface area contributed by atoms with Crippen LogP contribution >= 0.6 is 11.3 Å². The fraction of sp³-hybridized carbons (Fsp3) is 0.450. The van der Waals surface area contributed by atoms with Crippen molar-refractivity contribution in [1.29, 1.82) is 0 Å². The summed E-state index contributed by atoms with van der Waals surface area (Å²) in [4.78, 5) is 14.9. The molecule has 1 amide bonds. The molecule has 1 aliphatic rings. The molecule has 0 spiro atoms. The first-order valence-corrected chi connectivity index (χ1v) is 11.9. The summed E-state index contributed by atoms with van der Waals surface area (Å²) in [7, 11) is -3.48. The minimum absolute atomic E-state index is 0.0252. The predicted octanol–water partition coefficient (Wildman–Crippen LogP) is 0.613. The largest absolute Gasteiger partial charge is 0.351 e. The highest BCUT2D eigenvalue weighted by Gasteiger charge is 2.31. The Morgan fingerprint density at radius 3 is 2.61 bits per heavy atom. The summed E-state index contributed by atoms with van der Waals surface area (Å²) in [5, 5.41) is 5.00. The van der Waals surface area contributed by atoms with Crippen LogP contribution in [0, 0.1) is 13.8 Å². The number of benzene rings is 1. The van der Waals surface area contributed by atoms with Crippen molar-refractivity contribution in [3.05, 3.63) is 51.7 Å². The SMILES string of the molecule is Cc1ccc(S(=O)(=O)N2CC[NH+](CC(=O)NCCc3cccs3)CC2)c(C)c1. The standard InChI is InChI=1S/C20H27N3O3S2/c1-16-5-6-19(17(2)14-16)28(25,26)23-11-9-22(10-12-23)15-20(24)21-8-7-18-4-3-13-27-18/h3-6,13-14H,7-12,15H2,1-2H3,(H,21,24)/p+1. The number of sulfonamides is 1. The number of quaternary nitrogens is 1. The molecule has 1 aliphatic heterocycles. The van der Waals surface area contributed by atoms with Gasteiger partial charge in [-0.2, -0.15) is 4.31 Å². The third kappa shape index (κ3) is 5.20. The minimum Gasteiger partial charge on any atom is -0.351 e. The zero-order valence-corrected chi connectivity index (χ0v) is 18.0. The van der Waals surface area contributed by atoms with Gasteiger partial charge in [0.05, 0.1) is 31.1 Å². The smallest absolute Gasteiger partial charge is 0.275 e. The van der Waals surface area contributed by atoms with Crippen LogP contribution in [0.3, 0.4) is 0 Å². The molecule has 1 aromatic carbocycles. The number of hydrogen-bond acceptors (Lipinski definition) is 4. The van der Waals surface area contributed by atoms with Gasteiger partial charge >= 0.3 is 0 Å². The highest BCUT2D eigenvalue weighted by atomic mass is 32.2. The molecule has 3 rings (SSSR count). The molecular weight excluding hydrogens is 394 g/mol. The van der Waals surface area contributed by atoms with E-state index in [4.69, 9.17) is 0 Å². The van der Waals surface area contributed by atoms with Crippen molar-refractivity contribution in [2.45, 2.75) is 25.2 Å². The molecular formula is C20H28N3O3S2+. The molecule has 2 aromatic rings. The fourth-order valence-corrected chi connectivity index (χ4v) is 5.87. The van der Waals surface area contributed by atoms with Crippen molar-refractivity contribution in [3.8, 4) is 0 Å². The van der Waals surface area contributed by atoms with E-state index in [2.05, 4.69) is 11.4 Å². The molecule has 1 fully saturated rings. The lowest BCUT2D eigenvalue weighted by Crippen LogP contribution is -3.15. The normalized spacial score (nSPS) is 16.2. The molecule has 6 nitrogen and oxygen atoms in total. The van der Waals surface area contributed by atoms with Crippen LogP contribution in [-0.4, -0.2) is 57.9 Å². The van der Waals surface area contributed by atoms with Gasteiger partial charge in [0.2, 0.25) is 10.0 Å². The molecule has 8 heteroatoms. The van der Waals surface area contributed by atoms with Crippen LogP contribution in [0.4, 0.5) is 0 Å². The quantitative estimate of drug-likeness (QED) is 0.687. The van der Waals surface area contributed by atoms with Crippen LogP contribution in [0.1, 0.15) is 16.0 Å². The highest BCUT2D eigenvalue weighted by Crippen LogP contribution is 2.20. The number of hydrogen-bond donors (Lipinski definition) is 2. The maximum Gasteiger partial charge on any atom is 0.275 e. The van der Waals surface area contributed by atoms with Crippen molar-refractivity contribution in [1.82, 2.24) is 9.62 Å². The number of aryl methyl sites for hydroxylation is 2. The first-order chi connectivity index (χ1) is 13.4. The fourth-order valence-electron chi connectivity index (χ4n) is 3.52. The van der Waals surface area contributed by atoms with E-state index in [0.717, 1.165) is 22.4 Å². The first-order valence-electron chi connectivity index (χ1n) is 9.56. The van der Waals surface area contributed by atoms with Crippen LogP contribution in [0.2, 0.25) is 0 Å². The molecule has 0 bridgehead atoms. The van der Waals surface area contributed by atoms with Gasteiger partial charge in [0.15, 0.2) is 6.54 Å². The maximum atomic E-state index is 12.9. The van der Waals surface area contributed by atoms with Crippen molar-refractivity contribution in [3.63, 3.8) is 0 Å². The number of rotatable bonds is 7. The Morgan fingerprint density at radius 2 is 1.96 bits per heavy atom. The van der Waals surface area contributed by atoms with E-state index in [-0.39, 0.29) is 5.91 Å². The van der Waals surface area contributed by atoms with Crippen molar-refractivity contribution in [2.75, 3.05) is 39.3 Å². The first kappa shape index (κ1) is 21.0. The molecule has 0 aliphatic carbocycles. The zero-order chi connectivity index (χ0) is 20.1. The molecule has 28 heavy (non-hydrogen) atoms. The van der Waals surface area contributed by atoms with Gasteiger partial charge in [-0.1, -0.05) is 23.8 Å². The molecule has 0 saturated carbocycles. The van der Waals surface area contributed by atoms with Crippen molar-refractivity contribution < 1.29 is 18.1 Å². The molecule has 1 saturated heterocycles.